The average molecular weight is 405 g/mol. The van der Waals surface area contributed by atoms with Crippen molar-refractivity contribution in [1.82, 2.24) is 4.90 Å². The van der Waals surface area contributed by atoms with E-state index in [1.165, 1.54) is 5.56 Å². The Labute approximate surface area is 145 Å². The number of likely N-dealkylation sites (tertiary alicyclic amines) is 1. The molecule has 3 rings (SSSR count). The number of rotatable bonds is 3. The van der Waals surface area contributed by atoms with Gasteiger partial charge in [0, 0.05) is 16.7 Å². The fraction of sp³-hybridized carbons (Fsp3) is 0.316. The first-order chi connectivity index (χ1) is 10.7. The Morgan fingerprint density at radius 2 is 1.64 bits per heavy atom. The quantitative estimate of drug-likeness (QED) is 0.694. The van der Waals surface area contributed by atoms with Crippen LogP contribution in [0.4, 0.5) is 0 Å². The molecule has 0 saturated carbocycles. The third kappa shape index (κ3) is 3.69. The highest BCUT2D eigenvalue weighted by atomic mass is 127. The lowest BCUT2D eigenvalue weighted by molar-refractivity contribution is 0.0689. The summed E-state index contributed by atoms with van der Waals surface area (Å²) in [5.41, 5.74) is 2.24. The van der Waals surface area contributed by atoms with Gasteiger partial charge in [0.15, 0.2) is 0 Å². The van der Waals surface area contributed by atoms with Crippen molar-refractivity contribution in [1.29, 1.82) is 0 Å². The highest BCUT2D eigenvalue weighted by Gasteiger charge is 2.24. The summed E-state index contributed by atoms with van der Waals surface area (Å²) in [5, 5.41) is 0. The minimum absolute atomic E-state index is 0.183. The van der Waals surface area contributed by atoms with Crippen LogP contribution in [0.1, 0.15) is 28.8 Å². The normalized spacial score (nSPS) is 15.8. The molecule has 1 fully saturated rings. The summed E-state index contributed by atoms with van der Waals surface area (Å²) < 4.78 is 1.04. The summed E-state index contributed by atoms with van der Waals surface area (Å²) in [4.78, 5) is 14.6. The maximum absolute atomic E-state index is 12.6. The number of halogens is 1. The lowest BCUT2D eigenvalue weighted by atomic mass is 9.90. The van der Waals surface area contributed by atoms with Crippen LogP contribution in [0.25, 0.3) is 0 Å². The van der Waals surface area contributed by atoms with Crippen molar-refractivity contribution in [3.8, 4) is 0 Å². The van der Waals surface area contributed by atoms with Gasteiger partial charge in [0.2, 0.25) is 0 Å². The molecule has 0 aromatic heterocycles. The largest absolute Gasteiger partial charge is 0.339 e. The summed E-state index contributed by atoms with van der Waals surface area (Å²) in [7, 11) is 0. The first kappa shape index (κ1) is 15.5. The molecule has 1 heterocycles. The Kier molecular flexibility index (Phi) is 5.13. The predicted molar refractivity (Wildman–Crippen MR) is 97.9 cm³/mol. The van der Waals surface area contributed by atoms with Crippen LogP contribution < -0.4 is 0 Å². The van der Waals surface area contributed by atoms with Gasteiger partial charge in [0.1, 0.15) is 0 Å². The summed E-state index contributed by atoms with van der Waals surface area (Å²) >= 11 is 2.24. The molecule has 2 aromatic carbocycles. The van der Waals surface area contributed by atoms with Gasteiger partial charge in [-0.2, -0.15) is 0 Å². The molecule has 1 aliphatic heterocycles. The minimum Gasteiger partial charge on any atom is -0.339 e. The van der Waals surface area contributed by atoms with Crippen molar-refractivity contribution in [2.75, 3.05) is 13.1 Å². The van der Waals surface area contributed by atoms with E-state index in [-0.39, 0.29) is 5.91 Å². The third-order valence-corrected chi connectivity index (χ3v) is 5.31. The van der Waals surface area contributed by atoms with E-state index < -0.39 is 0 Å². The lowest BCUT2D eigenvalue weighted by Gasteiger charge is -2.32. The van der Waals surface area contributed by atoms with Gasteiger partial charge in [0.05, 0.1) is 5.56 Å². The van der Waals surface area contributed by atoms with Gasteiger partial charge in [-0.1, -0.05) is 42.5 Å². The minimum atomic E-state index is 0.183. The number of nitrogens with zero attached hydrogens (tertiary/aromatic N) is 1. The fourth-order valence-corrected chi connectivity index (χ4v) is 3.71. The van der Waals surface area contributed by atoms with Crippen molar-refractivity contribution in [3.63, 3.8) is 0 Å². The van der Waals surface area contributed by atoms with Crippen LogP contribution in [-0.2, 0) is 6.42 Å². The summed E-state index contributed by atoms with van der Waals surface area (Å²) in [6, 6.07) is 18.5. The van der Waals surface area contributed by atoms with Crippen LogP contribution in [0.15, 0.2) is 54.6 Å². The molecule has 114 valence electrons. The standard InChI is InChI=1S/C19H20INO/c20-18-9-5-4-8-17(18)19(22)21-12-10-16(11-13-21)14-15-6-2-1-3-7-15/h1-9,16H,10-14H2. The van der Waals surface area contributed by atoms with Gasteiger partial charge in [-0.25, -0.2) is 0 Å². The van der Waals surface area contributed by atoms with Crippen LogP contribution in [-0.4, -0.2) is 23.9 Å². The Balaban J connectivity index is 1.58. The number of amides is 1. The zero-order valence-corrected chi connectivity index (χ0v) is 14.7. The molecular formula is C19H20INO. The van der Waals surface area contributed by atoms with Gasteiger partial charge in [-0.15, -0.1) is 0 Å². The van der Waals surface area contributed by atoms with Crippen LogP contribution in [0, 0.1) is 9.49 Å². The second kappa shape index (κ2) is 7.27. The van der Waals surface area contributed by atoms with E-state index in [0.29, 0.717) is 5.92 Å². The molecule has 0 unspecified atom stereocenters. The highest BCUT2D eigenvalue weighted by Crippen LogP contribution is 2.23. The molecule has 1 saturated heterocycles. The highest BCUT2D eigenvalue weighted by molar-refractivity contribution is 14.1. The molecule has 0 radical (unpaired) electrons. The Morgan fingerprint density at radius 1 is 1.00 bits per heavy atom. The Bertz CT molecular complexity index is 633. The molecule has 2 nitrogen and oxygen atoms in total. The number of benzene rings is 2. The average Bonchev–Trinajstić information content (AvgIpc) is 2.56. The molecule has 0 atom stereocenters. The molecule has 22 heavy (non-hydrogen) atoms. The van der Waals surface area contributed by atoms with E-state index in [2.05, 4.69) is 52.9 Å². The zero-order chi connectivity index (χ0) is 15.4. The third-order valence-electron chi connectivity index (χ3n) is 4.37. The molecule has 0 spiro atoms. The molecule has 3 heteroatoms. The molecule has 0 N–H and O–H groups in total. The van der Waals surface area contributed by atoms with Crippen molar-refractivity contribution in [3.05, 3.63) is 69.3 Å². The van der Waals surface area contributed by atoms with Crippen LogP contribution in [0.2, 0.25) is 0 Å². The van der Waals surface area contributed by atoms with E-state index in [1.54, 1.807) is 0 Å². The maximum atomic E-state index is 12.6. The van der Waals surface area contributed by atoms with Gasteiger partial charge in [-0.05, 0) is 65.5 Å². The van der Waals surface area contributed by atoms with E-state index in [9.17, 15) is 4.79 Å². The van der Waals surface area contributed by atoms with Crippen molar-refractivity contribution >= 4 is 28.5 Å². The van der Waals surface area contributed by atoms with Crippen LogP contribution in [0.5, 0.6) is 0 Å². The zero-order valence-electron chi connectivity index (χ0n) is 12.5. The topological polar surface area (TPSA) is 20.3 Å². The van der Waals surface area contributed by atoms with Crippen molar-refractivity contribution in [2.24, 2.45) is 5.92 Å². The summed E-state index contributed by atoms with van der Waals surface area (Å²) in [6.45, 7) is 1.75. The lowest BCUT2D eigenvalue weighted by Crippen LogP contribution is -2.39. The molecular weight excluding hydrogens is 385 g/mol. The first-order valence-corrected chi connectivity index (χ1v) is 8.89. The molecule has 1 amide bonds. The Morgan fingerprint density at radius 3 is 2.32 bits per heavy atom. The van der Waals surface area contributed by atoms with Crippen LogP contribution >= 0.6 is 22.6 Å². The Hall–Kier alpha value is -1.36. The molecule has 0 bridgehead atoms. The first-order valence-electron chi connectivity index (χ1n) is 7.82. The van der Waals surface area contributed by atoms with E-state index in [0.717, 1.165) is 41.5 Å². The van der Waals surface area contributed by atoms with E-state index in [1.807, 2.05) is 29.2 Å². The fourth-order valence-electron chi connectivity index (χ4n) is 3.09. The van der Waals surface area contributed by atoms with Crippen molar-refractivity contribution in [2.45, 2.75) is 19.3 Å². The number of piperidine rings is 1. The second-order valence-electron chi connectivity index (χ2n) is 5.91. The molecule has 2 aromatic rings. The second-order valence-corrected chi connectivity index (χ2v) is 7.07. The number of hydrogen-bond donors (Lipinski definition) is 0. The number of hydrogen-bond acceptors (Lipinski definition) is 1. The van der Waals surface area contributed by atoms with Gasteiger partial charge in [-0.3, -0.25) is 4.79 Å². The monoisotopic (exact) mass is 405 g/mol. The molecule has 1 aliphatic rings. The SMILES string of the molecule is O=C(c1ccccc1I)N1CCC(Cc2ccccc2)CC1. The van der Waals surface area contributed by atoms with Crippen LogP contribution in [0.3, 0.4) is 0 Å². The summed E-state index contributed by atoms with van der Waals surface area (Å²) in [5.74, 6) is 0.879. The number of carbonyl (C=O) groups is 1. The van der Waals surface area contributed by atoms with Gasteiger partial charge in [0.25, 0.3) is 5.91 Å². The van der Waals surface area contributed by atoms with E-state index in [4.69, 9.17) is 0 Å². The number of carbonyl (C=O) groups excluding carboxylic acids is 1. The smallest absolute Gasteiger partial charge is 0.254 e. The maximum Gasteiger partial charge on any atom is 0.254 e. The molecule has 0 aliphatic carbocycles. The summed E-state index contributed by atoms with van der Waals surface area (Å²) in [6.07, 6.45) is 3.33. The van der Waals surface area contributed by atoms with Crippen molar-refractivity contribution < 1.29 is 4.79 Å². The van der Waals surface area contributed by atoms with E-state index >= 15 is 0 Å². The van der Waals surface area contributed by atoms with Gasteiger partial charge < -0.3 is 4.90 Å². The van der Waals surface area contributed by atoms with Gasteiger partial charge >= 0.3 is 0 Å². The predicted octanol–water partition coefficient (Wildman–Crippen LogP) is 4.39.